The molecule has 0 fully saturated rings. The summed E-state index contributed by atoms with van der Waals surface area (Å²) in [4.78, 5) is 13.2. The monoisotopic (exact) mass is 498 g/mol. The molecule has 0 radical (unpaired) electrons. The number of anilines is 1. The lowest BCUT2D eigenvalue weighted by atomic mass is 10.0. The minimum atomic E-state index is -3.93. The first kappa shape index (κ1) is 24.1. The number of fused-ring (bicyclic) bond motifs is 1. The number of aryl methyl sites for hydroxylation is 2. The third kappa shape index (κ3) is 4.91. The smallest absolute Gasteiger partial charge is 0.264 e. The van der Waals surface area contributed by atoms with Crippen LogP contribution in [-0.2, 0) is 34.2 Å². The molecule has 4 rings (SSSR count). The average molecular weight is 499 g/mol. The molecule has 1 N–H and O–H groups in total. The lowest BCUT2D eigenvalue weighted by molar-refractivity contribution is -0.127. The molecule has 3 aromatic carbocycles. The minimum Gasteiger partial charge on any atom is -0.476 e. The molecule has 1 aliphatic heterocycles. The number of hydrogen-bond acceptors (Lipinski definition) is 4. The van der Waals surface area contributed by atoms with Gasteiger partial charge in [-0.2, -0.15) is 0 Å². The molecule has 3 aromatic rings. The Hall–Kier alpha value is -3.03. The van der Waals surface area contributed by atoms with Gasteiger partial charge in [0.15, 0.2) is 6.10 Å². The Morgan fingerprint density at radius 1 is 1.03 bits per heavy atom. The van der Waals surface area contributed by atoms with Crippen molar-refractivity contribution in [3.05, 3.63) is 88.4 Å². The number of ether oxygens (including phenoxy) is 1. The van der Waals surface area contributed by atoms with E-state index in [0.717, 1.165) is 18.4 Å². The van der Waals surface area contributed by atoms with E-state index >= 15 is 0 Å². The quantitative estimate of drug-likeness (QED) is 0.510. The summed E-state index contributed by atoms with van der Waals surface area (Å²) in [5, 5.41) is 3.38. The summed E-state index contributed by atoms with van der Waals surface area (Å²) in [6.45, 7) is 4.38. The van der Waals surface area contributed by atoms with Crippen LogP contribution in [0.5, 0.6) is 5.75 Å². The lowest BCUT2D eigenvalue weighted by Crippen LogP contribution is -2.50. The van der Waals surface area contributed by atoms with Gasteiger partial charge in [0.25, 0.3) is 15.9 Å². The molecule has 1 aliphatic rings. The fourth-order valence-corrected chi connectivity index (χ4v) is 5.61. The molecule has 0 spiro atoms. The first-order valence-corrected chi connectivity index (χ1v) is 13.1. The molecule has 0 saturated heterocycles. The highest BCUT2D eigenvalue weighted by atomic mass is 35.5. The molecule has 1 atom stereocenters. The number of amides is 1. The van der Waals surface area contributed by atoms with Crippen molar-refractivity contribution in [2.24, 2.45) is 0 Å². The molecular weight excluding hydrogens is 472 g/mol. The number of carbonyl (C=O) groups excluding carboxylic acids is 1. The van der Waals surface area contributed by atoms with Gasteiger partial charge < -0.3 is 10.1 Å². The molecule has 0 saturated carbocycles. The summed E-state index contributed by atoms with van der Waals surface area (Å²) >= 11 is 5.94. The molecule has 0 aromatic heterocycles. The van der Waals surface area contributed by atoms with E-state index in [1.54, 1.807) is 24.3 Å². The third-order valence-electron chi connectivity index (χ3n) is 5.94. The number of sulfonamides is 1. The molecule has 1 heterocycles. The van der Waals surface area contributed by atoms with E-state index < -0.39 is 16.1 Å². The average Bonchev–Trinajstić information content (AvgIpc) is 2.86. The second-order valence-electron chi connectivity index (χ2n) is 8.09. The number of para-hydroxylation sites is 2. The van der Waals surface area contributed by atoms with E-state index in [-0.39, 0.29) is 17.3 Å². The Morgan fingerprint density at radius 3 is 2.47 bits per heavy atom. The Kier molecular flexibility index (Phi) is 7.14. The van der Waals surface area contributed by atoms with Gasteiger partial charge in [-0.05, 0) is 65.9 Å². The minimum absolute atomic E-state index is 0.0942. The van der Waals surface area contributed by atoms with E-state index in [1.165, 1.54) is 39.7 Å². The van der Waals surface area contributed by atoms with Crippen LogP contribution in [0, 0.1) is 0 Å². The number of nitrogens with zero attached hydrogens (tertiary/aromatic N) is 1. The maximum absolute atomic E-state index is 13.5. The molecule has 0 aliphatic carbocycles. The van der Waals surface area contributed by atoms with Gasteiger partial charge in [0.05, 0.1) is 17.1 Å². The fraction of sp³-hybridized carbons (Fsp3) is 0.269. The van der Waals surface area contributed by atoms with Crippen LogP contribution in [0.15, 0.2) is 71.6 Å². The van der Waals surface area contributed by atoms with E-state index in [0.29, 0.717) is 23.0 Å². The number of carbonyl (C=O) groups is 1. The highest BCUT2D eigenvalue weighted by Crippen LogP contribution is 2.37. The van der Waals surface area contributed by atoms with E-state index in [2.05, 4.69) is 37.4 Å². The summed E-state index contributed by atoms with van der Waals surface area (Å²) in [6, 6.07) is 19.1. The SMILES string of the molecule is CCc1ccc(CC)c(CNC(=O)[C@@H]2CN(S(=O)(=O)c3ccc(Cl)cc3)c3ccccc3O2)c1. The Balaban J connectivity index is 1.58. The van der Waals surface area contributed by atoms with Crippen LogP contribution in [0.1, 0.15) is 30.5 Å². The molecule has 8 heteroatoms. The van der Waals surface area contributed by atoms with E-state index in [4.69, 9.17) is 16.3 Å². The van der Waals surface area contributed by atoms with Crippen molar-refractivity contribution in [3.63, 3.8) is 0 Å². The summed E-state index contributed by atoms with van der Waals surface area (Å²) in [5.41, 5.74) is 3.81. The predicted molar refractivity (Wildman–Crippen MR) is 134 cm³/mol. The van der Waals surface area contributed by atoms with Crippen molar-refractivity contribution >= 4 is 33.2 Å². The highest BCUT2D eigenvalue weighted by Gasteiger charge is 2.37. The Bertz CT molecular complexity index is 1290. The van der Waals surface area contributed by atoms with Gasteiger partial charge >= 0.3 is 0 Å². The second kappa shape index (κ2) is 10.1. The number of nitrogens with one attached hydrogen (secondary N) is 1. The Labute approximate surface area is 205 Å². The summed E-state index contributed by atoms with van der Waals surface area (Å²) in [7, 11) is -3.93. The molecule has 0 bridgehead atoms. The van der Waals surface area contributed by atoms with E-state index in [1.807, 2.05) is 0 Å². The van der Waals surface area contributed by atoms with Crippen LogP contribution in [0.3, 0.4) is 0 Å². The molecule has 6 nitrogen and oxygen atoms in total. The summed E-state index contributed by atoms with van der Waals surface area (Å²) < 4.78 is 34.1. The van der Waals surface area contributed by atoms with Crippen molar-refractivity contribution in [2.45, 2.75) is 44.2 Å². The number of rotatable bonds is 7. The van der Waals surface area contributed by atoms with Gasteiger partial charge in [0.1, 0.15) is 5.75 Å². The zero-order chi connectivity index (χ0) is 24.3. The zero-order valence-corrected chi connectivity index (χ0v) is 20.7. The van der Waals surface area contributed by atoms with Gasteiger partial charge in [0, 0.05) is 11.6 Å². The normalized spacial score (nSPS) is 15.4. The van der Waals surface area contributed by atoms with Crippen molar-refractivity contribution in [1.29, 1.82) is 0 Å². The predicted octanol–water partition coefficient (Wildman–Crippen LogP) is 4.74. The van der Waals surface area contributed by atoms with Gasteiger partial charge in [-0.1, -0.05) is 55.8 Å². The lowest BCUT2D eigenvalue weighted by Gasteiger charge is -2.34. The van der Waals surface area contributed by atoms with Crippen molar-refractivity contribution in [1.82, 2.24) is 5.32 Å². The van der Waals surface area contributed by atoms with Crippen molar-refractivity contribution < 1.29 is 17.9 Å². The maximum Gasteiger partial charge on any atom is 0.264 e. The highest BCUT2D eigenvalue weighted by molar-refractivity contribution is 7.92. The molecule has 34 heavy (non-hydrogen) atoms. The summed E-state index contributed by atoms with van der Waals surface area (Å²) in [6.07, 6.45) is 0.775. The topological polar surface area (TPSA) is 75.7 Å². The van der Waals surface area contributed by atoms with E-state index in [9.17, 15) is 13.2 Å². The number of benzene rings is 3. The van der Waals surface area contributed by atoms with Gasteiger partial charge in [0.2, 0.25) is 0 Å². The second-order valence-corrected chi connectivity index (χ2v) is 10.4. The van der Waals surface area contributed by atoms with Crippen LogP contribution >= 0.6 is 11.6 Å². The third-order valence-corrected chi connectivity index (χ3v) is 7.99. The molecule has 0 unspecified atom stereocenters. The Morgan fingerprint density at radius 2 is 1.76 bits per heavy atom. The van der Waals surface area contributed by atoms with Gasteiger partial charge in [-0.25, -0.2) is 8.42 Å². The number of halogens is 1. The standard InChI is InChI=1S/C26H27ClN2O4S/c1-3-18-9-10-19(4-2)20(15-18)16-28-26(30)25-17-29(23-7-5-6-8-24(23)33-25)34(31,32)22-13-11-21(27)12-14-22/h5-15,25H,3-4,16-17H2,1-2H3,(H,28,30)/t25-/m0/s1. The largest absolute Gasteiger partial charge is 0.476 e. The fourth-order valence-electron chi connectivity index (χ4n) is 4.01. The zero-order valence-electron chi connectivity index (χ0n) is 19.1. The van der Waals surface area contributed by atoms with Gasteiger partial charge in [-0.15, -0.1) is 0 Å². The molecular formula is C26H27ClN2O4S. The maximum atomic E-state index is 13.5. The molecule has 1 amide bonds. The van der Waals surface area contributed by atoms with Crippen LogP contribution in [-0.4, -0.2) is 27.0 Å². The summed E-state index contributed by atoms with van der Waals surface area (Å²) in [5.74, 6) is -0.0246. The molecule has 178 valence electrons. The van der Waals surface area contributed by atoms with Crippen molar-refractivity contribution in [3.8, 4) is 5.75 Å². The van der Waals surface area contributed by atoms with Crippen LogP contribution < -0.4 is 14.4 Å². The first-order chi connectivity index (χ1) is 16.3. The number of hydrogen-bond donors (Lipinski definition) is 1. The van der Waals surface area contributed by atoms with Crippen LogP contribution in [0.4, 0.5) is 5.69 Å². The van der Waals surface area contributed by atoms with Gasteiger partial charge in [-0.3, -0.25) is 9.10 Å². The van der Waals surface area contributed by atoms with Crippen LogP contribution in [0.25, 0.3) is 0 Å². The van der Waals surface area contributed by atoms with Crippen molar-refractivity contribution in [2.75, 3.05) is 10.8 Å². The first-order valence-electron chi connectivity index (χ1n) is 11.3. The van der Waals surface area contributed by atoms with Crippen LogP contribution in [0.2, 0.25) is 5.02 Å².